The molecule has 0 aliphatic heterocycles. The van der Waals surface area contributed by atoms with Crippen molar-refractivity contribution in [1.82, 2.24) is 0 Å². The largest absolute Gasteiger partial charge is 0.312 e. The van der Waals surface area contributed by atoms with Gasteiger partial charge in [-0.05, 0) is 11.8 Å². The molecule has 1 rings (SSSR count). The summed E-state index contributed by atoms with van der Waals surface area (Å²) >= 11 is 5.55. The van der Waals surface area contributed by atoms with Gasteiger partial charge in [-0.25, -0.2) is 8.42 Å². The van der Waals surface area contributed by atoms with Crippen molar-refractivity contribution in [2.45, 2.75) is 5.38 Å². The summed E-state index contributed by atoms with van der Waals surface area (Å²) in [5.74, 6) is 0. The molecule has 0 saturated heterocycles. The van der Waals surface area contributed by atoms with Gasteiger partial charge in [0.15, 0.2) is 0 Å². The molecule has 0 amide bonds. The van der Waals surface area contributed by atoms with Crippen molar-refractivity contribution in [1.29, 1.82) is 0 Å². The molecule has 0 fully saturated rings. The van der Waals surface area contributed by atoms with Crippen LogP contribution in [0, 0.1) is 10.1 Å². The normalized spacial score (nSPS) is 21.4. The van der Waals surface area contributed by atoms with Gasteiger partial charge in [0.1, 0.15) is 0 Å². The van der Waals surface area contributed by atoms with Gasteiger partial charge < -0.3 is 0 Å². The Balaban J connectivity index is 3.28. The average Bonchev–Trinajstić information content (AvgIpc) is 2.02. The third-order valence-corrected chi connectivity index (χ3v) is 3.37. The fraction of sp³-hybridized carbons (Fsp3) is 0.167. The third-order valence-electron chi connectivity index (χ3n) is 1.41. The minimum Gasteiger partial charge on any atom is -0.258 e. The standard InChI is InChI=1S/C6H3Cl2NO4S/c7-5-2-1-4(9(10)11)3-6(5)14(8,12)13/h2-3,5H. The van der Waals surface area contributed by atoms with Crippen LogP contribution in [-0.4, -0.2) is 18.7 Å². The van der Waals surface area contributed by atoms with Gasteiger partial charge in [-0.2, -0.15) is 0 Å². The van der Waals surface area contributed by atoms with E-state index < -0.39 is 30.0 Å². The van der Waals surface area contributed by atoms with Crippen molar-refractivity contribution >= 4 is 31.3 Å². The van der Waals surface area contributed by atoms with Crippen LogP contribution in [0.2, 0.25) is 0 Å². The highest BCUT2D eigenvalue weighted by molar-refractivity contribution is 8.16. The molecule has 8 heteroatoms. The van der Waals surface area contributed by atoms with Crippen molar-refractivity contribution in [3.63, 3.8) is 0 Å². The first-order chi connectivity index (χ1) is 6.32. The molecule has 1 atom stereocenters. The van der Waals surface area contributed by atoms with Crippen molar-refractivity contribution in [2.24, 2.45) is 0 Å². The Hall–Kier alpha value is -0.810. The predicted octanol–water partition coefficient (Wildman–Crippen LogP) is 1.38. The first-order valence-electron chi connectivity index (χ1n) is 3.24. The SMILES string of the molecule is O=[N+]([O-])C1=C=CC(Cl)C(S(=O)(=O)Cl)=C1. The summed E-state index contributed by atoms with van der Waals surface area (Å²) < 4.78 is 21.8. The number of halogens is 2. The second-order valence-corrected chi connectivity index (χ2v) is 5.38. The van der Waals surface area contributed by atoms with Gasteiger partial charge in [-0.1, -0.05) is 0 Å². The Morgan fingerprint density at radius 2 is 2.14 bits per heavy atom. The summed E-state index contributed by atoms with van der Waals surface area (Å²) in [5.41, 5.74) is 1.75. The number of allylic oxidation sites excluding steroid dienone is 2. The Bertz CT molecular complexity index is 472. The molecule has 0 N–H and O–H groups in total. The highest BCUT2D eigenvalue weighted by Crippen LogP contribution is 2.25. The second-order valence-electron chi connectivity index (χ2n) is 2.34. The number of hydrogen-bond acceptors (Lipinski definition) is 4. The molecular weight excluding hydrogens is 253 g/mol. The molecule has 0 aromatic rings. The fourth-order valence-electron chi connectivity index (χ4n) is 0.807. The minimum atomic E-state index is -4.04. The van der Waals surface area contributed by atoms with E-state index in [1.807, 2.05) is 0 Å². The molecule has 1 unspecified atom stereocenters. The van der Waals surface area contributed by atoms with Crippen LogP contribution in [-0.2, 0) is 9.05 Å². The van der Waals surface area contributed by atoms with Crippen LogP contribution in [0.5, 0.6) is 0 Å². The molecule has 0 spiro atoms. The number of rotatable bonds is 2. The molecule has 1 aliphatic carbocycles. The van der Waals surface area contributed by atoms with Gasteiger partial charge in [0, 0.05) is 16.8 Å². The second kappa shape index (κ2) is 3.74. The lowest BCUT2D eigenvalue weighted by atomic mass is 10.2. The van der Waals surface area contributed by atoms with Crippen LogP contribution in [0.4, 0.5) is 0 Å². The molecule has 0 saturated carbocycles. The maximum Gasteiger partial charge on any atom is 0.312 e. The summed E-state index contributed by atoms with van der Waals surface area (Å²) in [6, 6.07) is 0. The van der Waals surface area contributed by atoms with Gasteiger partial charge >= 0.3 is 5.70 Å². The monoisotopic (exact) mass is 255 g/mol. The van der Waals surface area contributed by atoms with E-state index in [4.69, 9.17) is 22.3 Å². The number of hydrogen-bond donors (Lipinski definition) is 0. The van der Waals surface area contributed by atoms with Crippen molar-refractivity contribution in [3.8, 4) is 0 Å². The van der Waals surface area contributed by atoms with Crippen molar-refractivity contribution < 1.29 is 13.3 Å². The lowest BCUT2D eigenvalue weighted by Gasteiger charge is -2.07. The number of nitrogens with zero attached hydrogens (tertiary/aromatic N) is 1. The molecule has 0 heterocycles. The minimum absolute atomic E-state index is 0.411. The summed E-state index contributed by atoms with van der Waals surface area (Å²) in [4.78, 5) is 9.11. The van der Waals surface area contributed by atoms with E-state index >= 15 is 0 Å². The first kappa shape index (κ1) is 11.3. The average molecular weight is 256 g/mol. The summed E-state index contributed by atoms with van der Waals surface area (Å²) in [5, 5.41) is 9.28. The first-order valence-corrected chi connectivity index (χ1v) is 5.98. The Labute approximate surface area is 88.9 Å². The topological polar surface area (TPSA) is 77.3 Å². The molecule has 0 bridgehead atoms. The Kier molecular flexibility index (Phi) is 3.01. The molecule has 5 nitrogen and oxygen atoms in total. The van der Waals surface area contributed by atoms with Gasteiger partial charge in [0.25, 0.3) is 9.05 Å². The molecule has 0 aromatic carbocycles. The van der Waals surface area contributed by atoms with Crippen molar-refractivity contribution in [2.75, 3.05) is 0 Å². The molecule has 14 heavy (non-hydrogen) atoms. The summed E-state index contributed by atoms with van der Waals surface area (Å²) in [6.07, 6.45) is 1.86. The molecule has 0 aromatic heterocycles. The summed E-state index contributed by atoms with van der Waals surface area (Å²) in [6.45, 7) is 0. The zero-order valence-electron chi connectivity index (χ0n) is 6.48. The maximum absolute atomic E-state index is 10.9. The zero-order chi connectivity index (χ0) is 10.9. The number of nitro groups is 1. The van der Waals surface area contributed by atoms with E-state index in [1.165, 1.54) is 0 Å². The molecule has 76 valence electrons. The fourth-order valence-corrected chi connectivity index (χ4v) is 2.43. The van der Waals surface area contributed by atoms with Crippen LogP contribution < -0.4 is 0 Å². The van der Waals surface area contributed by atoms with Crippen LogP contribution in [0.25, 0.3) is 0 Å². The lowest BCUT2D eigenvalue weighted by Crippen LogP contribution is -2.11. The molecule has 1 aliphatic rings. The van der Waals surface area contributed by atoms with Crippen LogP contribution in [0.15, 0.2) is 28.5 Å². The predicted molar refractivity (Wildman–Crippen MR) is 51.1 cm³/mol. The smallest absolute Gasteiger partial charge is 0.258 e. The van der Waals surface area contributed by atoms with Crippen LogP contribution in [0.1, 0.15) is 0 Å². The van der Waals surface area contributed by atoms with Crippen LogP contribution >= 0.6 is 22.3 Å². The van der Waals surface area contributed by atoms with E-state index in [9.17, 15) is 18.5 Å². The van der Waals surface area contributed by atoms with E-state index in [0.717, 1.165) is 12.2 Å². The van der Waals surface area contributed by atoms with Gasteiger partial charge in [0.05, 0.1) is 15.2 Å². The number of alkyl halides is 1. The van der Waals surface area contributed by atoms with Crippen LogP contribution in [0.3, 0.4) is 0 Å². The third kappa shape index (κ3) is 2.36. The zero-order valence-corrected chi connectivity index (χ0v) is 8.80. The molecule has 0 radical (unpaired) electrons. The van der Waals surface area contributed by atoms with Gasteiger partial charge in [-0.15, -0.1) is 11.6 Å². The van der Waals surface area contributed by atoms with Gasteiger partial charge in [-0.3, -0.25) is 10.1 Å². The summed E-state index contributed by atoms with van der Waals surface area (Å²) in [7, 11) is 0.976. The highest BCUT2D eigenvalue weighted by Gasteiger charge is 2.26. The lowest BCUT2D eigenvalue weighted by molar-refractivity contribution is -0.418. The maximum atomic E-state index is 10.9. The van der Waals surface area contributed by atoms with E-state index in [-0.39, 0.29) is 0 Å². The molecular formula is C6H3Cl2NO4S. The van der Waals surface area contributed by atoms with E-state index in [0.29, 0.717) is 0 Å². The quantitative estimate of drug-likeness (QED) is 0.246. The Morgan fingerprint density at radius 1 is 1.57 bits per heavy atom. The Morgan fingerprint density at radius 3 is 2.57 bits per heavy atom. The van der Waals surface area contributed by atoms with Gasteiger partial charge in [0.2, 0.25) is 0 Å². The van der Waals surface area contributed by atoms with Crippen molar-refractivity contribution in [3.05, 3.63) is 38.6 Å². The van der Waals surface area contributed by atoms with E-state index in [1.54, 1.807) is 0 Å². The van der Waals surface area contributed by atoms with E-state index in [2.05, 4.69) is 5.73 Å². The highest BCUT2D eigenvalue weighted by atomic mass is 35.7.